The molecule has 1 fully saturated rings. The van der Waals surface area contributed by atoms with Gasteiger partial charge >= 0.3 is 0 Å². The normalized spacial score (nSPS) is 17.6. The van der Waals surface area contributed by atoms with E-state index in [0.717, 1.165) is 31.4 Å². The van der Waals surface area contributed by atoms with Crippen LogP contribution in [0.5, 0.6) is 0 Å². The summed E-state index contributed by atoms with van der Waals surface area (Å²) < 4.78 is 5.73. The molecule has 1 aromatic heterocycles. The van der Waals surface area contributed by atoms with Gasteiger partial charge in [0.25, 0.3) is 0 Å². The van der Waals surface area contributed by atoms with Crippen LogP contribution >= 0.6 is 0 Å². The Labute approximate surface area is 130 Å². The summed E-state index contributed by atoms with van der Waals surface area (Å²) >= 11 is 0. The van der Waals surface area contributed by atoms with Crippen molar-refractivity contribution in [3.63, 3.8) is 0 Å². The van der Waals surface area contributed by atoms with Gasteiger partial charge in [0.15, 0.2) is 0 Å². The van der Waals surface area contributed by atoms with Gasteiger partial charge in [0.05, 0.1) is 12.8 Å². The monoisotopic (exact) mass is 292 g/mol. The van der Waals surface area contributed by atoms with Crippen LogP contribution in [0.4, 0.5) is 0 Å². The summed E-state index contributed by atoms with van der Waals surface area (Å²) in [6, 6.07) is 2.85. The maximum Gasteiger partial charge on any atom is 0.122 e. The minimum absolute atomic E-state index is 0.689. The number of nitrogens with one attached hydrogen (secondary N) is 1. The second-order valence-electron chi connectivity index (χ2n) is 6.95. The number of nitrogens with zero attached hydrogens (tertiary/aromatic N) is 1. The molecule has 0 aliphatic heterocycles. The molecule has 0 unspecified atom stereocenters. The minimum Gasteiger partial charge on any atom is -0.468 e. The fraction of sp³-hybridized carbons (Fsp3) is 0.778. The Morgan fingerprint density at radius 2 is 1.95 bits per heavy atom. The molecule has 3 heteroatoms. The van der Waals surface area contributed by atoms with E-state index in [0.29, 0.717) is 5.92 Å². The molecule has 0 bridgehead atoms. The lowest BCUT2D eigenvalue weighted by atomic mass is 10.1. The number of hydrogen-bond acceptors (Lipinski definition) is 3. The summed E-state index contributed by atoms with van der Waals surface area (Å²) in [7, 11) is 2.25. The van der Waals surface area contributed by atoms with Gasteiger partial charge in [0.1, 0.15) is 5.76 Å². The van der Waals surface area contributed by atoms with E-state index >= 15 is 0 Å². The van der Waals surface area contributed by atoms with Crippen molar-refractivity contribution in [3.8, 4) is 0 Å². The summed E-state index contributed by atoms with van der Waals surface area (Å²) in [5, 5.41) is 3.51. The molecule has 0 atom stereocenters. The maximum absolute atomic E-state index is 5.73. The molecule has 1 aliphatic rings. The van der Waals surface area contributed by atoms with Crippen LogP contribution in [0.15, 0.2) is 16.7 Å². The van der Waals surface area contributed by atoms with Crippen LogP contribution in [-0.4, -0.2) is 24.5 Å². The predicted molar refractivity (Wildman–Crippen MR) is 88.2 cm³/mol. The van der Waals surface area contributed by atoms with Crippen LogP contribution in [0.25, 0.3) is 0 Å². The van der Waals surface area contributed by atoms with E-state index in [1.54, 1.807) is 0 Å². The molecule has 3 nitrogen and oxygen atoms in total. The number of furan rings is 1. The molecular weight excluding hydrogens is 260 g/mol. The molecule has 1 aromatic rings. The third-order valence-corrected chi connectivity index (χ3v) is 4.55. The van der Waals surface area contributed by atoms with Crippen LogP contribution in [0, 0.1) is 5.92 Å². The SMILES string of the molecule is CC(C)CNCc1ccoc1CN(C)C1CCCCCC1. The molecule has 1 saturated carbocycles. The smallest absolute Gasteiger partial charge is 0.122 e. The van der Waals surface area contributed by atoms with E-state index in [4.69, 9.17) is 4.42 Å². The van der Waals surface area contributed by atoms with Crippen molar-refractivity contribution in [3.05, 3.63) is 23.7 Å². The minimum atomic E-state index is 0.689. The third-order valence-electron chi connectivity index (χ3n) is 4.55. The standard InChI is InChI=1S/C18H32N2O/c1-15(2)12-19-13-16-10-11-21-18(16)14-20(3)17-8-6-4-5-7-9-17/h10-11,15,17,19H,4-9,12-14H2,1-3H3. The van der Waals surface area contributed by atoms with Crippen LogP contribution in [0.1, 0.15) is 63.7 Å². The average molecular weight is 292 g/mol. The zero-order valence-corrected chi connectivity index (χ0v) is 14.0. The van der Waals surface area contributed by atoms with Gasteiger partial charge in [0.2, 0.25) is 0 Å². The van der Waals surface area contributed by atoms with Gasteiger partial charge in [-0.15, -0.1) is 0 Å². The Kier molecular flexibility index (Phi) is 6.78. The zero-order valence-electron chi connectivity index (χ0n) is 14.0. The summed E-state index contributed by atoms with van der Waals surface area (Å²) in [6.07, 6.45) is 10.1. The first-order valence-corrected chi connectivity index (χ1v) is 8.63. The first-order chi connectivity index (χ1) is 10.2. The molecule has 21 heavy (non-hydrogen) atoms. The van der Waals surface area contributed by atoms with Gasteiger partial charge in [-0.25, -0.2) is 0 Å². The third kappa shape index (κ3) is 5.48. The highest BCUT2D eigenvalue weighted by Gasteiger charge is 2.19. The predicted octanol–water partition coefficient (Wildman–Crippen LogP) is 4.18. The van der Waals surface area contributed by atoms with Crippen molar-refractivity contribution >= 4 is 0 Å². The highest BCUT2D eigenvalue weighted by atomic mass is 16.3. The van der Waals surface area contributed by atoms with Crippen molar-refractivity contribution < 1.29 is 4.42 Å². The molecule has 1 aliphatic carbocycles. The van der Waals surface area contributed by atoms with E-state index in [-0.39, 0.29) is 0 Å². The molecule has 2 rings (SSSR count). The van der Waals surface area contributed by atoms with Crippen molar-refractivity contribution in [2.24, 2.45) is 5.92 Å². The molecule has 0 saturated heterocycles. The topological polar surface area (TPSA) is 28.4 Å². The zero-order chi connectivity index (χ0) is 15.1. The molecule has 1 heterocycles. The molecule has 0 amide bonds. The molecular formula is C18H32N2O. The van der Waals surface area contributed by atoms with Gasteiger partial charge < -0.3 is 9.73 Å². The van der Waals surface area contributed by atoms with Crippen molar-refractivity contribution in [1.29, 1.82) is 0 Å². The van der Waals surface area contributed by atoms with Gasteiger partial charge in [-0.3, -0.25) is 4.90 Å². The van der Waals surface area contributed by atoms with Gasteiger partial charge in [-0.2, -0.15) is 0 Å². The number of rotatable bonds is 7. The highest BCUT2D eigenvalue weighted by Crippen LogP contribution is 2.23. The maximum atomic E-state index is 5.73. The molecule has 0 radical (unpaired) electrons. The van der Waals surface area contributed by atoms with E-state index < -0.39 is 0 Å². The Hall–Kier alpha value is -0.800. The quantitative estimate of drug-likeness (QED) is 0.764. The molecule has 1 N–H and O–H groups in total. The summed E-state index contributed by atoms with van der Waals surface area (Å²) in [5.74, 6) is 1.83. The molecule has 120 valence electrons. The first kappa shape index (κ1) is 16.6. The van der Waals surface area contributed by atoms with Gasteiger partial charge in [-0.1, -0.05) is 39.5 Å². The Bertz CT molecular complexity index is 392. The highest BCUT2D eigenvalue weighted by molar-refractivity contribution is 5.16. The van der Waals surface area contributed by atoms with Crippen molar-refractivity contribution in [2.45, 2.75) is 71.5 Å². The van der Waals surface area contributed by atoms with Gasteiger partial charge in [0, 0.05) is 18.2 Å². The second-order valence-corrected chi connectivity index (χ2v) is 6.95. The van der Waals surface area contributed by atoms with Crippen LogP contribution in [-0.2, 0) is 13.1 Å². The molecule has 0 spiro atoms. The summed E-state index contributed by atoms with van der Waals surface area (Å²) in [6.45, 7) is 7.40. The lowest BCUT2D eigenvalue weighted by Crippen LogP contribution is -2.31. The van der Waals surface area contributed by atoms with E-state index in [1.807, 2.05) is 6.26 Å². The number of hydrogen-bond donors (Lipinski definition) is 1. The van der Waals surface area contributed by atoms with Crippen molar-refractivity contribution in [1.82, 2.24) is 10.2 Å². The fourth-order valence-corrected chi connectivity index (χ4v) is 3.21. The Morgan fingerprint density at radius 3 is 2.62 bits per heavy atom. The van der Waals surface area contributed by atoms with E-state index in [9.17, 15) is 0 Å². The largest absolute Gasteiger partial charge is 0.468 e. The molecule has 0 aromatic carbocycles. The van der Waals surface area contributed by atoms with E-state index in [1.165, 1.54) is 44.1 Å². The van der Waals surface area contributed by atoms with Crippen LogP contribution < -0.4 is 5.32 Å². The lowest BCUT2D eigenvalue weighted by molar-refractivity contribution is 0.197. The summed E-state index contributed by atoms with van der Waals surface area (Å²) in [5.41, 5.74) is 1.32. The lowest BCUT2D eigenvalue weighted by Gasteiger charge is -2.26. The van der Waals surface area contributed by atoms with Gasteiger partial charge in [-0.05, 0) is 38.4 Å². The average Bonchev–Trinajstić information content (AvgIpc) is 2.72. The fourth-order valence-electron chi connectivity index (χ4n) is 3.21. The van der Waals surface area contributed by atoms with Crippen molar-refractivity contribution in [2.75, 3.05) is 13.6 Å². The van der Waals surface area contributed by atoms with Crippen LogP contribution in [0.3, 0.4) is 0 Å². The Balaban J connectivity index is 1.85. The van der Waals surface area contributed by atoms with E-state index in [2.05, 4.69) is 37.2 Å². The van der Waals surface area contributed by atoms with Crippen LogP contribution in [0.2, 0.25) is 0 Å². The Morgan fingerprint density at radius 1 is 1.24 bits per heavy atom. The first-order valence-electron chi connectivity index (χ1n) is 8.63. The summed E-state index contributed by atoms with van der Waals surface area (Å²) in [4.78, 5) is 2.50. The second kappa shape index (κ2) is 8.60.